The third kappa shape index (κ3) is 4.20. The number of aliphatic hydroxyl groups is 2. The van der Waals surface area contributed by atoms with E-state index in [1.165, 1.54) is 16.7 Å². The molecule has 4 nitrogen and oxygen atoms in total. The summed E-state index contributed by atoms with van der Waals surface area (Å²) in [5.41, 5.74) is 7.00. The monoisotopic (exact) mass is 389 g/mol. The van der Waals surface area contributed by atoms with Gasteiger partial charge in [-0.25, -0.2) is 0 Å². The van der Waals surface area contributed by atoms with Gasteiger partial charge in [0.15, 0.2) is 0 Å². The van der Waals surface area contributed by atoms with E-state index in [9.17, 15) is 5.11 Å². The molecule has 0 radical (unpaired) electrons. The Hall–Kier alpha value is -2.66. The highest BCUT2D eigenvalue weighted by Crippen LogP contribution is 2.34. The normalized spacial score (nSPS) is 17.9. The molecule has 4 heteroatoms. The van der Waals surface area contributed by atoms with Gasteiger partial charge >= 0.3 is 0 Å². The maximum atomic E-state index is 10.3. The third-order valence-electron chi connectivity index (χ3n) is 5.66. The second-order valence-electron chi connectivity index (χ2n) is 7.53. The first-order chi connectivity index (χ1) is 14.2. The molecule has 3 aromatic rings. The lowest BCUT2D eigenvalue weighted by Gasteiger charge is -2.17. The number of fused-ring (bicyclic) bond motifs is 1. The van der Waals surface area contributed by atoms with Gasteiger partial charge < -0.3 is 20.3 Å². The van der Waals surface area contributed by atoms with Crippen LogP contribution in [0.3, 0.4) is 0 Å². The van der Waals surface area contributed by atoms with Crippen molar-refractivity contribution in [3.8, 4) is 16.9 Å². The van der Waals surface area contributed by atoms with Gasteiger partial charge in [-0.3, -0.25) is 0 Å². The van der Waals surface area contributed by atoms with Crippen molar-refractivity contribution in [3.05, 3.63) is 89.0 Å². The van der Waals surface area contributed by atoms with Gasteiger partial charge in [-0.2, -0.15) is 0 Å². The summed E-state index contributed by atoms with van der Waals surface area (Å²) in [5.74, 6) is 0.809. The predicted molar refractivity (Wildman–Crippen MR) is 115 cm³/mol. The molecule has 0 aliphatic heterocycles. The summed E-state index contributed by atoms with van der Waals surface area (Å²) in [7, 11) is 0. The van der Waals surface area contributed by atoms with Gasteiger partial charge in [0.2, 0.25) is 0 Å². The second-order valence-corrected chi connectivity index (χ2v) is 7.53. The third-order valence-corrected chi connectivity index (χ3v) is 5.66. The highest BCUT2D eigenvalue weighted by Gasteiger charge is 2.30. The van der Waals surface area contributed by atoms with Crippen LogP contribution in [0.2, 0.25) is 0 Å². The van der Waals surface area contributed by atoms with Crippen molar-refractivity contribution in [3.63, 3.8) is 0 Å². The standard InChI is InChI=1S/C25H27NO3/c1-17-19(8-5-9-22(17)18-6-3-2-4-7-18)16-29-21-10-11-23-20(14-21)15-24(28)25(23)26-12-13-27/h2-11,14,24-28H,12-13,15-16H2,1H3/t24-,25+/m1/s1. The Balaban J connectivity index is 1.49. The van der Waals surface area contributed by atoms with Crippen LogP contribution in [0.15, 0.2) is 66.7 Å². The summed E-state index contributed by atoms with van der Waals surface area (Å²) in [6, 6.07) is 22.6. The molecule has 1 aliphatic rings. The molecule has 0 amide bonds. The van der Waals surface area contributed by atoms with Gasteiger partial charge in [0.05, 0.1) is 18.8 Å². The van der Waals surface area contributed by atoms with E-state index in [1.807, 2.05) is 24.3 Å². The van der Waals surface area contributed by atoms with E-state index in [2.05, 4.69) is 54.7 Å². The van der Waals surface area contributed by atoms with Crippen molar-refractivity contribution in [2.45, 2.75) is 32.1 Å². The Bertz CT molecular complexity index is 971. The van der Waals surface area contributed by atoms with Gasteiger partial charge in [-0.1, -0.05) is 54.6 Å². The van der Waals surface area contributed by atoms with E-state index < -0.39 is 6.10 Å². The molecule has 2 atom stereocenters. The number of nitrogens with one attached hydrogen (secondary N) is 1. The first-order valence-electron chi connectivity index (χ1n) is 10.1. The van der Waals surface area contributed by atoms with Crippen LogP contribution >= 0.6 is 0 Å². The Morgan fingerprint density at radius 2 is 1.86 bits per heavy atom. The molecular weight excluding hydrogens is 362 g/mol. The van der Waals surface area contributed by atoms with Gasteiger partial charge in [0, 0.05) is 13.0 Å². The molecule has 3 N–H and O–H groups in total. The molecule has 150 valence electrons. The smallest absolute Gasteiger partial charge is 0.120 e. The van der Waals surface area contributed by atoms with Crippen LogP contribution in [0.25, 0.3) is 11.1 Å². The fourth-order valence-electron chi connectivity index (χ4n) is 4.10. The quantitative estimate of drug-likeness (QED) is 0.576. The SMILES string of the molecule is Cc1c(COc2ccc3c(c2)C[C@@H](O)[C@H]3NCCO)cccc1-c1ccccc1. The molecule has 3 aromatic carbocycles. The van der Waals surface area contributed by atoms with E-state index in [0.29, 0.717) is 19.6 Å². The molecule has 4 rings (SSSR count). The highest BCUT2D eigenvalue weighted by atomic mass is 16.5. The average Bonchev–Trinajstić information content (AvgIpc) is 3.06. The van der Waals surface area contributed by atoms with Crippen molar-refractivity contribution in [2.75, 3.05) is 13.2 Å². The summed E-state index contributed by atoms with van der Waals surface area (Å²) in [4.78, 5) is 0. The fourth-order valence-corrected chi connectivity index (χ4v) is 4.10. The lowest BCUT2D eigenvalue weighted by Crippen LogP contribution is -2.30. The predicted octanol–water partition coefficient (Wildman–Crippen LogP) is 3.78. The van der Waals surface area contributed by atoms with E-state index in [1.54, 1.807) is 0 Å². The van der Waals surface area contributed by atoms with E-state index in [-0.39, 0.29) is 12.6 Å². The van der Waals surface area contributed by atoms with Gasteiger partial charge in [-0.15, -0.1) is 0 Å². The number of benzene rings is 3. The van der Waals surface area contributed by atoms with Crippen molar-refractivity contribution in [1.82, 2.24) is 5.32 Å². The molecule has 0 aromatic heterocycles. The molecule has 1 aliphatic carbocycles. The zero-order valence-corrected chi connectivity index (χ0v) is 16.6. The van der Waals surface area contributed by atoms with Gasteiger partial charge in [0.1, 0.15) is 12.4 Å². The molecule has 0 unspecified atom stereocenters. The summed E-state index contributed by atoms with van der Waals surface area (Å²) in [6.07, 6.45) is 0.120. The molecule has 0 saturated heterocycles. The summed E-state index contributed by atoms with van der Waals surface area (Å²) in [5, 5.41) is 22.6. The molecule has 29 heavy (non-hydrogen) atoms. The van der Waals surface area contributed by atoms with E-state index in [4.69, 9.17) is 9.84 Å². The molecule has 0 fully saturated rings. The Morgan fingerprint density at radius 3 is 2.66 bits per heavy atom. The zero-order chi connectivity index (χ0) is 20.2. The largest absolute Gasteiger partial charge is 0.489 e. The van der Waals surface area contributed by atoms with Crippen LogP contribution in [-0.4, -0.2) is 29.5 Å². The Labute approximate surface area is 171 Å². The zero-order valence-electron chi connectivity index (χ0n) is 16.6. The minimum atomic E-state index is -0.475. The number of ether oxygens (including phenoxy) is 1. The van der Waals surface area contributed by atoms with E-state index >= 15 is 0 Å². The van der Waals surface area contributed by atoms with Crippen molar-refractivity contribution in [2.24, 2.45) is 0 Å². The van der Waals surface area contributed by atoms with Crippen molar-refractivity contribution in [1.29, 1.82) is 0 Å². The van der Waals surface area contributed by atoms with Crippen LogP contribution in [0, 0.1) is 6.92 Å². The summed E-state index contributed by atoms with van der Waals surface area (Å²) >= 11 is 0. The lowest BCUT2D eigenvalue weighted by molar-refractivity contribution is 0.137. The minimum Gasteiger partial charge on any atom is -0.489 e. The average molecular weight is 389 g/mol. The number of hydrogen-bond donors (Lipinski definition) is 3. The Kier molecular flexibility index (Phi) is 5.95. The fraction of sp³-hybridized carbons (Fsp3) is 0.280. The number of aliphatic hydroxyl groups excluding tert-OH is 2. The number of hydrogen-bond acceptors (Lipinski definition) is 4. The van der Waals surface area contributed by atoms with Crippen LogP contribution in [0.5, 0.6) is 5.75 Å². The van der Waals surface area contributed by atoms with Gasteiger partial charge in [0.25, 0.3) is 0 Å². The number of rotatable bonds is 7. The van der Waals surface area contributed by atoms with Crippen LogP contribution in [-0.2, 0) is 13.0 Å². The topological polar surface area (TPSA) is 61.7 Å². The van der Waals surface area contributed by atoms with Crippen LogP contribution in [0.4, 0.5) is 0 Å². The highest BCUT2D eigenvalue weighted by molar-refractivity contribution is 5.68. The lowest BCUT2D eigenvalue weighted by atomic mass is 9.97. The van der Waals surface area contributed by atoms with Crippen molar-refractivity contribution >= 4 is 0 Å². The van der Waals surface area contributed by atoms with E-state index in [0.717, 1.165) is 22.4 Å². The molecular formula is C25H27NO3. The van der Waals surface area contributed by atoms with Crippen molar-refractivity contribution < 1.29 is 14.9 Å². The first-order valence-corrected chi connectivity index (χ1v) is 10.1. The summed E-state index contributed by atoms with van der Waals surface area (Å²) < 4.78 is 6.10. The molecule has 0 heterocycles. The summed E-state index contributed by atoms with van der Waals surface area (Å²) in [6.45, 7) is 3.16. The maximum absolute atomic E-state index is 10.3. The molecule has 0 bridgehead atoms. The van der Waals surface area contributed by atoms with Gasteiger partial charge in [-0.05, 0) is 52.4 Å². The van der Waals surface area contributed by atoms with Crippen LogP contribution in [0.1, 0.15) is 28.3 Å². The maximum Gasteiger partial charge on any atom is 0.120 e. The molecule has 0 spiro atoms. The first kappa shape index (κ1) is 19.6. The Morgan fingerprint density at radius 1 is 1.03 bits per heavy atom. The molecule has 0 saturated carbocycles. The second kappa shape index (κ2) is 8.78. The van der Waals surface area contributed by atoms with Crippen LogP contribution < -0.4 is 10.1 Å². The minimum absolute atomic E-state index is 0.0567.